The van der Waals surface area contributed by atoms with Gasteiger partial charge in [0.05, 0.1) is 5.69 Å². The van der Waals surface area contributed by atoms with E-state index in [1.54, 1.807) is 12.1 Å². The van der Waals surface area contributed by atoms with Crippen LogP contribution in [-0.4, -0.2) is 34.9 Å². The van der Waals surface area contributed by atoms with Gasteiger partial charge >= 0.3 is 0 Å². The summed E-state index contributed by atoms with van der Waals surface area (Å²) < 4.78 is 5.74. The fourth-order valence-corrected chi connectivity index (χ4v) is 4.32. The normalized spacial score (nSPS) is 18.8. The molecule has 1 aliphatic rings. The number of carbonyl (C=O) groups excluding carboxylic acids is 1. The number of piperidine rings is 1. The molecule has 1 saturated heterocycles. The maximum absolute atomic E-state index is 13.0. The Kier molecular flexibility index (Phi) is 10.0. The number of aryl methyl sites for hydroxylation is 1. The van der Waals surface area contributed by atoms with E-state index < -0.39 is 0 Å². The van der Waals surface area contributed by atoms with E-state index in [0.717, 1.165) is 35.8 Å². The lowest BCUT2D eigenvalue weighted by Crippen LogP contribution is -2.49. The van der Waals surface area contributed by atoms with Crippen LogP contribution in [0.25, 0.3) is 0 Å². The van der Waals surface area contributed by atoms with Crippen LogP contribution < -0.4 is 10.5 Å². The number of nitrogens with zero attached hydrogens (tertiary/aromatic N) is 2. The molecule has 1 amide bonds. The molecule has 2 atom stereocenters. The Morgan fingerprint density at radius 2 is 2.04 bits per heavy atom. The minimum Gasteiger partial charge on any atom is -0.486 e. The largest absolute Gasteiger partial charge is 0.486 e. The highest BCUT2D eigenvalue weighted by Gasteiger charge is 2.31. The molecule has 3 rings (SSSR count). The van der Waals surface area contributed by atoms with Crippen molar-refractivity contribution < 1.29 is 9.53 Å². The Labute approximate surface area is 187 Å². The standard InChI is InChI=1S/C19H24ClN3O2S.2ClH/c1-12-7-8-23(15(9-12)10-21)19(24)18-13(2)22-17(26-18)11-25-16-5-3-14(20)4-6-16;;/h3-6,12,15H,7-11,21H2,1-2H3;2*1H. The van der Waals surface area contributed by atoms with Gasteiger partial charge in [0, 0.05) is 24.2 Å². The SMILES string of the molecule is Cc1nc(COc2ccc(Cl)cc2)sc1C(=O)N1CCC(C)CC1CN.Cl.Cl. The molecule has 0 radical (unpaired) electrons. The van der Waals surface area contributed by atoms with Gasteiger partial charge in [0.15, 0.2) is 0 Å². The average Bonchev–Trinajstić information content (AvgIpc) is 3.01. The lowest BCUT2D eigenvalue weighted by atomic mass is 9.92. The van der Waals surface area contributed by atoms with E-state index >= 15 is 0 Å². The van der Waals surface area contributed by atoms with E-state index in [1.807, 2.05) is 24.0 Å². The number of ether oxygens (including phenoxy) is 1. The molecular weight excluding hydrogens is 441 g/mol. The molecule has 0 saturated carbocycles. The van der Waals surface area contributed by atoms with Crippen molar-refractivity contribution in [3.63, 3.8) is 0 Å². The number of hydrogen-bond donors (Lipinski definition) is 1. The van der Waals surface area contributed by atoms with Gasteiger partial charge in [-0.1, -0.05) is 18.5 Å². The zero-order valence-corrected chi connectivity index (χ0v) is 19.1. The van der Waals surface area contributed by atoms with Crippen molar-refractivity contribution in [2.45, 2.75) is 39.3 Å². The van der Waals surface area contributed by atoms with Crippen LogP contribution in [0.5, 0.6) is 5.75 Å². The third kappa shape index (κ3) is 5.97. The summed E-state index contributed by atoms with van der Waals surface area (Å²) in [7, 11) is 0. The van der Waals surface area contributed by atoms with Crippen LogP contribution in [0.2, 0.25) is 5.02 Å². The van der Waals surface area contributed by atoms with E-state index in [2.05, 4.69) is 11.9 Å². The van der Waals surface area contributed by atoms with Crippen molar-refractivity contribution in [1.82, 2.24) is 9.88 Å². The quantitative estimate of drug-likeness (QED) is 0.692. The smallest absolute Gasteiger partial charge is 0.266 e. The molecule has 156 valence electrons. The van der Waals surface area contributed by atoms with Crippen LogP contribution in [0.1, 0.15) is 40.1 Å². The Hall–Kier alpha value is -1.05. The fourth-order valence-electron chi connectivity index (χ4n) is 3.26. The monoisotopic (exact) mass is 465 g/mol. The maximum atomic E-state index is 13.0. The van der Waals surface area contributed by atoms with Gasteiger partial charge in [0.25, 0.3) is 5.91 Å². The van der Waals surface area contributed by atoms with Crippen LogP contribution in [0.3, 0.4) is 0 Å². The summed E-state index contributed by atoms with van der Waals surface area (Å²) in [6.45, 7) is 5.68. The topological polar surface area (TPSA) is 68.5 Å². The van der Waals surface area contributed by atoms with Crippen molar-refractivity contribution in [1.29, 1.82) is 0 Å². The maximum Gasteiger partial charge on any atom is 0.266 e. The minimum atomic E-state index is 0. The number of likely N-dealkylation sites (tertiary alicyclic amines) is 1. The van der Waals surface area contributed by atoms with Gasteiger partial charge in [0.2, 0.25) is 0 Å². The van der Waals surface area contributed by atoms with E-state index in [9.17, 15) is 4.79 Å². The number of rotatable bonds is 5. The van der Waals surface area contributed by atoms with Gasteiger partial charge in [-0.15, -0.1) is 36.2 Å². The number of carbonyl (C=O) groups is 1. The molecule has 2 unspecified atom stereocenters. The molecule has 1 fully saturated rings. The van der Waals surface area contributed by atoms with Crippen LogP contribution >= 0.6 is 47.8 Å². The van der Waals surface area contributed by atoms with Crippen molar-refractivity contribution in [3.8, 4) is 5.75 Å². The molecule has 1 aliphatic heterocycles. The molecule has 0 bridgehead atoms. The number of benzene rings is 1. The Morgan fingerprint density at radius 3 is 2.68 bits per heavy atom. The minimum absolute atomic E-state index is 0. The first-order valence-electron chi connectivity index (χ1n) is 8.83. The fraction of sp³-hybridized carbons (Fsp3) is 0.474. The van der Waals surface area contributed by atoms with Gasteiger partial charge < -0.3 is 15.4 Å². The molecule has 1 aromatic heterocycles. The Balaban J connectivity index is 0.00000196. The number of aromatic nitrogens is 1. The molecule has 1 aromatic carbocycles. The summed E-state index contributed by atoms with van der Waals surface area (Å²) in [6, 6.07) is 7.30. The summed E-state index contributed by atoms with van der Waals surface area (Å²) in [5.74, 6) is 1.38. The number of halogens is 3. The zero-order valence-electron chi connectivity index (χ0n) is 15.9. The van der Waals surface area contributed by atoms with Crippen molar-refractivity contribution in [2.75, 3.05) is 13.1 Å². The number of nitrogens with two attached hydrogens (primary N) is 1. The van der Waals surface area contributed by atoms with Crippen LogP contribution in [0, 0.1) is 12.8 Å². The zero-order chi connectivity index (χ0) is 18.7. The third-order valence-corrected chi connectivity index (χ3v) is 6.09. The lowest BCUT2D eigenvalue weighted by Gasteiger charge is -2.37. The van der Waals surface area contributed by atoms with Crippen molar-refractivity contribution in [2.24, 2.45) is 11.7 Å². The second kappa shape index (κ2) is 11.2. The highest BCUT2D eigenvalue weighted by Crippen LogP contribution is 2.27. The van der Waals surface area contributed by atoms with Crippen molar-refractivity contribution in [3.05, 3.63) is 44.9 Å². The van der Waals surface area contributed by atoms with Crippen LogP contribution in [0.15, 0.2) is 24.3 Å². The molecule has 2 heterocycles. The summed E-state index contributed by atoms with van der Waals surface area (Å²) in [5.41, 5.74) is 6.66. The predicted molar refractivity (Wildman–Crippen MR) is 119 cm³/mol. The summed E-state index contributed by atoms with van der Waals surface area (Å²) in [4.78, 5) is 20.1. The number of hydrogen-bond acceptors (Lipinski definition) is 5. The van der Waals surface area contributed by atoms with Crippen molar-refractivity contribution >= 4 is 53.7 Å². The molecule has 0 aliphatic carbocycles. The van der Waals surface area contributed by atoms with Gasteiger partial charge in [-0.3, -0.25) is 4.79 Å². The molecule has 2 aromatic rings. The molecule has 9 heteroatoms. The van der Waals surface area contributed by atoms with E-state index in [-0.39, 0.29) is 36.8 Å². The predicted octanol–water partition coefficient (Wildman–Crippen LogP) is 4.73. The average molecular weight is 467 g/mol. The van der Waals surface area contributed by atoms with E-state index in [1.165, 1.54) is 11.3 Å². The number of thiazole rings is 1. The highest BCUT2D eigenvalue weighted by atomic mass is 35.5. The van der Waals surface area contributed by atoms with Crippen LogP contribution in [-0.2, 0) is 6.61 Å². The summed E-state index contributed by atoms with van der Waals surface area (Å²) >= 11 is 7.28. The van der Waals surface area contributed by atoms with Gasteiger partial charge in [0.1, 0.15) is 22.2 Å². The molecular formula is C19H26Cl3N3O2S. The first kappa shape index (κ1) is 25.0. The van der Waals surface area contributed by atoms with Crippen LogP contribution in [0.4, 0.5) is 0 Å². The molecule has 28 heavy (non-hydrogen) atoms. The van der Waals surface area contributed by atoms with E-state index in [0.29, 0.717) is 29.0 Å². The molecule has 5 nitrogen and oxygen atoms in total. The third-order valence-electron chi connectivity index (χ3n) is 4.72. The second-order valence-corrected chi connectivity index (χ2v) is 8.30. The van der Waals surface area contributed by atoms with Gasteiger partial charge in [-0.05, 0) is 49.9 Å². The Bertz CT molecular complexity index is 770. The summed E-state index contributed by atoms with van der Waals surface area (Å²) in [5, 5.41) is 1.45. The Morgan fingerprint density at radius 1 is 1.36 bits per heavy atom. The first-order valence-corrected chi connectivity index (χ1v) is 10.0. The lowest BCUT2D eigenvalue weighted by molar-refractivity contribution is 0.0577. The second-order valence-electron chi connectivity index (χ2n) is 6.78. The first-order chi connectivity index (χ1) is 12.5. The number of amides is 1. The van der Waals surface area contributed by atoms with Gasteiger partial charge in [-0.2, -0.15) is 0 Å². The van der Waals surface area contributed by atoms with Gasteiger partial charge in [-0.25, -0.2) is 4.98 Å². The summed E-state index contributed by atoms with van der Waals surface area (Å²) in [6.07, 6.45) is 1.99. The highest BCUT2D eigenvalue weighted by molar-refractivity contribution is 7.13. The molecule has 0 spiro atoms. The van der Waals surface area contributed by atoms with E-state index in [4.69, 9.17) is 22.1 Å². The molecule has 2 N–H and O–H groups in total.